The number of alkyl halides is 4. The Morgan fingerprint density at radius 3 is 1.71 bits per heavy atom. The first kappa shape index (κ1) is 18.5. The van der Waals surface area contributed by atoms with E-state index >= 15 is 0 Å². The van der Waals surface area contributed by atoms with Gasteiger partial charge >= 0.3 is 5.97 Å². The van der Waals surface area contributed by atoms with Crippen molar-refractivity contribution in [3.63, 3.8) is 0 Å². The van der Waals surface area contributed by atoms with Gasteiger partial charge in [-0.15, -0.1) is 0 Å². The van der Waals surface area contributed by atoms with Crippen LogP contribution in [-0.2, 0) is 9.53 Å². The molecule has 8 heteroatoms. The lowest BCUT2D eigenvalue weighted by Gasteiger charge is -2.12. The van der Waals surface area contributed by atoms with Crippen LogP contribution in [0.15, 0.2) is 0 Å². The largest absolute Gasteiger partial charge is 0.459 e. The van der Waals surface area contributed by atoms with E-state index in [0.717, 1.165) is 6.92 Å². The van der Waals surface area contributed by atoms with E-state index in [-0.39, 0.29) is 6.42 Å². The van der Waals surface area contributed by atoms with Gasteiger partial charge in [0.1, 0.15) is 13.2 Å². The fourth-order valence-corrected chi connectivity index (χ4v) is 0.359. The zero-order valence-electron chi connectivity index (χ0n) is 9.55. The summed E-state index contributed by atoms with van der Waals surface area (Å²) >= 11 is 0. The number of ether oxygens (including phenoxy) is 1. The predicted octanol–water partition coefficient (Wildman–Crippen LogP) is 1.20. The van der Waals surface area contributed by atoms with Gasteiger partial charge < -0.3 is 14.9 Å². The number of aliphatic hydroxyl groups excluding tert-OH is 2. The number of carbonyl (C=O) groups excluding carboxylic acids is 1. The Hall–Kier alpha value is -0.890. The summed E-state index contributed by atoms with van der Waals surface area (Å²) in [5.41, 5.74) is 0. The molecule has 2 N–H and O–H groups in total. The standard InChI is InChI=1S/C6H10F2O2.C3H6F2O2/c1-3-6(7,8)4-10-5(2)9;4-3(5,1-6)2-7/h3-4H2,1-2H3;6-7H,1-2H2. The zero-order chi connectivity index (χ0) is 14.1. The van der Waals surface area contributed by atoms with Crippen molar-refractivity contribution >= 4 is 5.97 Å². The second-order valence-corrected chi connectivity index (χ2v) is 3.16. The third kappa shape index (κ3) is 13.0. The number of aliphatic hydroxyl groups is 2. The Balaban J connectivity index is 0. The van der Waals surface area contributed by atoms with Crippen LogP contribution in [0.1, 0.15) is 20.3 Å². The molecule has 17 heavy (non-hydrogen) atoms. The number of carbonyl (C=O) groups is 1. The van der Waals surface area contributed by atoms with Crippen molar-refractivity contribution in [1.82, 2.24) is 0 Å². The summed E-state index contributed by atoms with van der Waals surface area (Å²) in [7, 11) is 0. The summed E-state index contributed by atoms with van der Waals surface area (Å²) in [6.45, 7) is -0.943. The van der Waals surface area contributed by atoms with Gasteiger partial charge in [0.15, 0.2) is 6.61 Å². The molecule has 0 saturated heterocycles. The van der Waals surface area contributed by atoms with Gasteiger partial charge in [0.2, 0.25) is 0 Å². The van der Waals surface area contributed by atoms with E-state index in [2.05, 4.69) is 4.74 Å². The first-order chi connectivity index (χ1) is 7.60. The Bertz CT molecular complexity index is 215. The van der Waals surface area contributed by atoms with E-state index in [1.54, 1.807) is 0 Å². The van der Waals surface area contributed by atoms with Crippen molar-refractivity contribution < 1.29 is 37.3 Å². The molecule has 0 saturated carbocycles. The maximum atomic E-state index is 12.2. The summed E-state index contributed by atoms with van der Waals surface area (Å²) < 4.78 is 51.3. The fraction of sp³-hybridized carbons (Fsp3) is 0.889. The molecule has 0 atom stereocenters. The highest BCUT2D eigenvalue weighted by molar-refractivity contribution is 5.65. The van der Waals surface area contributed by atoms with Crippen LogP contribution in [0.4, 0.5) is 17.6 Å². The first-order valence-corrected chi connectivity index (χ1v) is 4.71. The maximum absolute atomic E-state index is 12.2. The summed E-state index contributed by atoms with van der Waals surface area (Å²) in [5.74, 6) is -6.85. The van der Waals surface area contributed by atoms with Gasteiger partial charge in [-0.05, 0) is 0 Å². The molecule has 0 rings (SSSR count). The maximum Gasteiger partial charge on any atom is 0.302 e. The van der Waals surface area contributed by atoms with Crippen LogP contribution >= 0.6 is 0 Å². The molecule has 0 aromatic heterocycles. The average molecular weight is 264 g/mol. The molecule has 0 aliphatic rings. The van der Waals surface area contributed by atoms with E-state index in [4.69, 9.17) is 10.2 Å². The average Bonchev–Trinajstić information content (AvgIpc) is 2.27. The van der Waals surface area contributed by atoms with Crippen LogP contribution < -0.4 is 0 Å². The van der Waals surface area contributed by atoms with Crippen molar-refractivity contribution in [2.45, 2.75) is 32.1 Å². The molecule has 0 amide bonds. The monoisotopic (exact) mass is 264 g/mol. The number of esters is 1. The second kappa shape index (κ2) is 8.24. The van der Waals surface area contributed by atoms with Gasteiger partial charge in [-0.3, -0.25) is 4.79 Å². The van der Waals surface area contributed by atoms with Crippen molar-refractivity contribution in [3.8, 4) is 0 Å². The van der Waals surface area contributed by atoms with E-state index in [1.165, 1.54) is 6.92 Å². The normalized spacial score (nSPS) is 11.5. The van der Waals surface area contributed by atoms with E-state index in [1.807, 2.05) is 0 Å². The minimum absolute atomic E-state index is 0.305. The van der Waals surface area contributed by atoms with Crippen molar-refractivity contribution in [2.75, 3.05) is 19.8 Å². The molecule has 0 aromatic rings. The third-order valence-corrected chi connectivity index (χ3v) is 1.47. The summed E-state index contributed by atoms with van der Waals surface area (Å²) in [4.78, 5) is 10.1. The van der Waals surface area contributed by atoms with Crippen molar-refractivity contribution in [3.05, 3.63) is 0 Å². The minimum atomic E-state index is -3.31. The molecule has 0 radical (unpaired) electrons. The number of hydrogen-bond donors (Lipinski definition) is 2. The second-order valence-electron chi connectivity index (χ2n) is 3.16. The molecule has 0 aromatic carbocycles. The Labute approximate surface area is 96.2 Å². The highest BCUT2D eigenvalue weighted by Gasteiger charge is 2.27. The zero-order valence-corrected chi connectivity index (χ0v) is 9.55. The fourth-order valence-electron chi connectivity index (χ4n) is 0.359. The molecular weight excluding hydrogens is 248 g/mol. The quantitative estimate of drug-likeness (QED) is 0.578. The summed E-state index contributed by atoms with van der Waals surface area (Å²) in [6, 6.07) is 0. The van der Waals surface area contributed by atoms with Gasteiger partial charge in [0, 0.05) is 13.3 Å². The summed E-state index contributed by atoms with van der Waals surface area (Å²) in [5, 5.41) is 15.4. The molecule has 0 heterocycles. The third-order valence-electron chi connectivity index (χ3n) is 1.47. The van der Waals surface area contributed by atoms with Crippen LogP contribution in [0.5, 0.6) is 0 Å². The molecule has 0 unspecified atom stereocenters. The predicted molar refractivity (Wildman–Crippen MR) is 51.0 cm³/mol. The molecule has 0 bridgehead atoms. The molecule has 0 aliphatic heterocycles. The van der Waals surface area contributed by atoms with Crippen LogP contribution in [0.3, 0.4) is 0 Å². The highest BCUT2D eigenvalue weighted by atomic mass is 19.3. The van der Waals surface area contributed by atoms with Crippen molar-refractivity contribution in [1.29, 1.82) is 0 Å². The van der Waals surface area contributed by atoms with E-state index < -0.39 is 37.6 Å². The number of hydrogen-bond acceptors (Lipinski definition) is 4. The van der Waals surface area contributed by atoms with Gasteiger partial charge in [0.25, 0.3) is 11.8 Å². The smallest absolute Gasteiger partial charge is 0.302 e. The Kier molecular flexibility index (Phi) is 8.95. The number of halogens is 4. The summed E-state index contributed by atoms with van der Waals surface area (Å²) in [6.07, 6.45) is -0.305. The van der Waals surface area contributed by atoms with Crippen LogP contribution in [0.2, 0.25) is 0 Å². The van der Waals surface area contributed by atoms with Crippen LogP contribution in [0, 0.1) is 0 Å². The van der Waals surface area contributed by atoms with Gasteiger partial charge in [0.05, 0.1) is 0 Å². The topological polar surface area (TPSA) is 66.8 Å². The molecule has 104 valence electrons. The molecular formula is C9H16F4O4. The SMILES string of the molecule is CCC(F)(F)COC(C)=O.OCC(F)(F)CO. The number of rotatable bonds is 5. The molecule has 0 spiro atoms. The lowest BCUT2D eigenvalue weighted by Crippen LogP contribution is -2.25. The lowest BCUT2D eigenvalue weighted by atomic mass is 10.3. The lowest BCUT2D eigenvalue weighted by molar-refractivity contribution is -0.152. The van der Waals surface area contributed by atoms with Crippen molar-refractivity contribution in [2.24, 2.45) is 0 Å². The first-order valence-electron chi connectivity index (χ1n) is 4.71. The molecule has 0 fully saturated rings. The molecule has 0 aliphatic carbocycles. The minimum Gasteiger partial charge on any atom is -0.459 e. The van der Waals surface area contributed by atoms with Crippen LogP contribution in [0.25, 0.3) is 0 Å². The van der Waals surface area contributed by atoms with E-state index in [9.17, 15) is 22.4 Å². The molecule has 4 nitrogen and oxygen atoms in total. The van der Waals surface area contributed by atoms with Gasteiger partial charge in [-0.25, -0.2) is 17.6 Å². The van der Waals surface area contributed by atoms with Gasteiger partial charge in [-0.1, -0.05) is 6.92 Å². The Morgan fingerprint density at radius 2 is 1.53 bits per heavy atom. The van der Waals surface area contributed by atoms with E-state index in [0.29, 0.717) is 0 Å². The highest BCUT2D eigenvalue weighted by Crippen LogP contribution is 2.17. The Morgan fingerprint density at radius 1 is 1.12 bits per heavy atom. The van der Waals surface area contributed by atoms with Gasteiger partial charge in [-0.2, -0.15) is 0 Å². The van der Waals surface area contributed by atoms with Crippen LogP contribution in [-0.4, -0.2) is 47.8 Å².